The van der Waals surface area contributed by atoms with E-state index in [1.165, 1.54) is 6.07 Å². The number of carbonyl (C=O) groups excluding carboxylic acids is 1. The zero-order valence-corrected chi connectivity index (χ0v) is 17.7. The molecule has 0 spiro atoms. The Kier molecular flexibility index (Phi) is 5.79. The molecule has 0 aliphatic carbocycles. The Bertz CT molecular complexity index is 1350. The van der Waals surface area contributed by atoms with Gasteiger partial charge in [-0.3, -0.25) is 9.78 Å². The van der Waals surface area contributed by atoms with Crippen molar-refractivity contribution in [2.24, 2.45) is 0 Å². The Hall–Kier alpha value is -3.55. The molecule has 156 valence electrons. The van der Waals surface area contributed by atoms with E-state index in [0.29, 0.717) is 11.3 Å². The molecule has 7 heteroatoms. The smallest absolute Gasteiger partial charge is 0.255 e. The highest BCUT2D eigenvalue weighted by Gasteiger charge is 2.19. The first kappa shape index (κ1) is 20.7. The molecule has 0 atom stereocenters. The highest BCUT2D eigenvalue weighted by atomic mass is 32.2. The lowest BCUT2D eigenvalue weighted by atomic mass is 10.1. The van der Waals surface area contributed by atoms with Crippen LogP contribution in [0.5, 0.6) is 0 Å². The van der Waals surface area contributed by atoms with Crippen molar-refractivity contribution >= 4 is 32.5 Å². The third kappa shape index (κ3) is 4.79. The summed E-state index contributed by atoms with van der Waals surface area (Å²) in [5, 5.41) is 3.72. The van der Waals surface area contributed by atoms with Crippen LogP contribution in [0, 0.1) is 6.92 Å². The van der Waals surface area contributed by atoms with Gasteiger partial charge in [0.15, 0.2) is 0 Å². The molecule has 6 nitrogen and oxygen atoms in total. The third-order valence-electron chi connectivity index (χ3n) is 4.91. The highest BCUT2D eigenvalue weighted by Crippen LogP contribution is 2.21. The minimum Gasteiger partial charge on any atom is -0.322 e. The van der Waals surface area contributed by atoms with E-state index in [2.05, 4.69) is 15.0 Å². The maximum Gasteiger partial charge on any atom is 0.255 e. The molecule has 0 bridgehead atoms. The van der Waals surface area contributed by atoms with Crippen LogP contribution in [0.25, 0.3) is 10.9 Å². The number of carbonyl (C=O) groups is 1. The van der Waals surface area contributed by atoms with Crippen LogP contribution >= 0.6 is 0 Å². The number of nitrogens with one attached hydrogen (secondary N) is 2. The molecule has 0 aliphatic rings. The van der Waals surface area contributed by atoms with Crippen LogP contribution in [-0.4, -0.2) is 19.3 Å². The van der Waals surface area contributed by atoms with Gasteiger partial charge in [-0.25, -0.2) is 13.1 Å². The van der Waals surface area contributed by atoms with Crippen molar-refractivity contribution < 1.29 is 13.2 Å². The van der Waals surface area contributed by atoms with E-state index >= 15 is 0 Å². The molecule has 2 N–H and O–H groups in total. The molecule has 1 aromatic heterocycles. The highest BCUT2D eigenvalue weighted by molar-refractivity contribution is 7.89. The summed E-state index contributed by atoms with van der Waals surface area (Å²) in [6, 6.07) is 23.1. The fraction of sp³-hybridized carbons (Fsp3) is 0.0833. The van der Waals surface area contributed by atoms with Crippen LogP contribution in [-0.2, 0) is 16.6 Å². The summed E-state index contributed by atoms with van der Waals surface area (Å²) in [7, 11) is -3.79. The quantitative estimate of drug-likeness (QED) is 0.477. The van der Waals surface area contributed by atoms with E-state index in [1.54, 1.807) is 31.3 Å². The molecule has 0 saturated carbocycles. The van der Waals surface area contributed by atoms with Crippen molar-refractivity contribution in [3.63, 3.8) is 0 Å². The Balaban J connectivity index is 1.55. The van der Waals surface area contributed by atoms with E-state index in [0.717, 1.165) is 16.5 Å². The Morgan fingerprint density at radius 3 is 2.55 bits per heavy atom. The molecule has 0 radical (unpaired) electrons. The predicted molar refractivity (Wildman–Crippen MR) is 121 cm³/mol. The van der Waals surface area contributed by atoms with Gasteiger partial charge in [0.05, 0.1) is 10.4 Å². The second kappa shape index (κ2) is 8.67. The summed E-state index contributed by atoms with van der Waals surface area (Å²) >= 11 is 0. The number of sulfonamides is 1. The van der Waals surface area contributed by atoms with Crippen LogP contribution in [0.4, 0.5) is 5.69 Å². The minimum atomic E-state index is -3.79. The summed E-state index contributed by atoms with van der Waals surface area (Å²) in [4.78, 5) is 17.1. The van der Waals surface area contributed by atoms with Crippen LogP contribution < -0.4 is 10.0 Å². The van der Waals surface area contributed by atoms with Crippen LogP contribution in [0.2, 0.25) is 0 Å². The molecule has 0 unspecified atom stereocenters. The lowest BCUT2D eigenvalue weighted by Gasteiger charge is -2.12. The monoisotopic (exact) mass is 431 g/mol. The van der Waals surface area contributed by atoms with Gasteiger partial charge in [-0.15, -0.1) is 0 Å². The first-order chi connectivity index (χ1) is 14.9. The van der Waals surface area contributed by atoms with Crippen molar-refractivity contribution in [2.45, 2.75) is 18.4 Å². The van der Waals surface area contributed by atoms with Gasteiger partial charge in [0, 0.05) is 29.4 Å². The summed E-state index contributed by atoms with van der Waals surface area (Å²) in [5.74, 6) is -0.386. The molecule has 1 amide bonds. The standard InChI is InChI=1S/C24H21N3O3S/c1-17-9-10-20(15-23(17)31(29,30)26-16-18-6-3-2-4-7-18)24(28)27-21-11-12-22-19(14-21)8-5-13-25-22/h2-15,26H,16H2,1H3,(H,27,28). The van der Waals surface area contributed by atoms with E-state index in [1.807, 2.05) is 54.6 Å². The van der Waals surface area contributed by atoms with Gasteiger partial charge in [0.25, 0.3) is 5.91 Å². The molecule has 4 rings (SSSR count). The van der Waals surface area contributed by atoms with Gasteiger partial charge < -0.3 is 5.32 Å². The number of amides is 1. The summed E-state index contributed by atoms with van der Waals surface area (Å²) in [6.07, 6.45) is 1.71. The number of pyridine rings is 1. The zero-order valence-electron chi connectivity index (χ0n) is 16.9. The van der Waals surface area contributed by atoms with Crippen molar-refractivity contribution in [2.75, 3.05) is 5.32 Å². The molecule has 0 saturated heterocycles. The number of nitrogens with zero attached hydrogens (tertiary/aromatic N) is 1. The third-order valence-corrected chi connectivity index (χ3v) is 6.45. The second-order valence-electron chi connectivity index (χ2n) is 7.16. The Morgan fingerprint density at radius 2 is 1.74 bits per heavy atom. The van der Waals surface area contributed by atoms with Crippen LogP contribution in [0.15, 0.2) is 90.0 Å². The lowest BCUT2D eigenvalue weighted by molar-refractivity contribution is 0.102. The number of rotatable bonds is 6. The molecule has 3 aromatic carbocycles. The molecular formula is C24H21N3O3S. The minimum absolute atomic E-state index is 0.0822. The van der Waals surface area contributed by atoms with Crippen LogP contribution in [0.1, 0.15) is 21.5 Å². The fourth-order valence-corrected chi connectivity index (χ4v) is 4.53. The van der Waals surface area contributed by atoms with Gasteiger partial charge in [0.2, 0.25) is 10.0 Å². The average Bonchev–Trinajstić information content (AvgIpc) is 2.78. The molecule has 0 aliphatic heterocycles. The molecule has 1 heterocycles. The van der Waals surface area contributed by atoms with Crippen LogP contribution in [0.3, 0.4) is 0 Å². The average molecular weight is 432 g/mol. The van der Waals surface area contributed by atoms with E-state index in [9.17, 15) is 13.2 Å². The predicted octanol–water partition coefficient (Wildman–Crippen LogP) is 4.27. The number of aromatic nitrogens is 1. The number of aryl methyl sites for hydroxylation is 1. The van der Waals surface area contributed by atoms with E-state index in [-0.39, 0.29) is 22.9 Å². The fourth-order valence-electron chi connectivity index (χ4n) is 3.24. The largest absolute Gasteiger partial charge is 0.322 e. The lowest BCUT2D eigenvalue weighted by Crippen LogP contribution is -2.24. The van der Waals surface area contributed by atoms with Gasteiger partial charge in [-0.05, 0) is 54.4 Å². The molecule has 0 fully saturated rings. The SMILES string of the molecule is Cc1ccc(C(=O)Nc2ccc3ncccc3c2)cc1S(=O)(=O)NCc1ccccc1. The van der Waals surface area contributed by atoms with E-state index in [4.69, 9.17) is 0 Å². The van der Waals surface area contributed by atoms with Gasteiger partial charge in [-0.1, -0.05) is 42.5 Å². The summed E-state index contributed by atoms with van der Waals surface area (Å²) < 4.78 is 28.3. The first-order valence-corrected chi connectivity index (χ1v) is 11.2. The van der Waals surface area contributed by atoms with E-state index < -0.39 is 10.0 Å². The summed E-state index contributed by atoms with van der Waals surface area (Å²) in [6.45, 7) is 1.87. The maximum absolute atomic E-state index is 12.9. The van der Waals surface area contributed by atoms with Crippen molar-refractivity contribution in [1.82, 2.24) is 9.71 Å². The number of hydrogen-bond acceptors (Lipinski definition) is 4. The van der Waals surface area contributed by atoms with Crippen molar-refractivity contribution in [1.29, 1.82) is 0 Å². The number of hydrogen-bond donors (Lipinski definition) is 2. The number of fused-ring (bicyclic) bond motifs is 1. The first-order valence-electron chi connectivity index (χ1n) is 9.73. The topological polar surface area (TPSA) is 88.2 Å². The normalized spacial score (nSPS) is 11.4. The van der Waals surface area contributed by atoms with Crippen molar-refractivity contribution in [3.8, 4) is 0 Å². The number of anilines is 1. The molecular weight excluding hydrogens is 410 g/mol. The Labute approximate surface area is 181 Å². The Morgan fingerprint density at radius 1 is 0.935 bits per heavy atom. The molecule has 31 heavy (non-hydrogen) atoms. The van der Waals surface area contributed by atoms with Gasteiger partial charge in [0.1, 0.15) is 0 Å². The maximum atomic E-state index is 12.9. The van der Waals surface area contributed by atoms with Gasteiger partial charge >= 0.3 is 0 Å². The second-order valence-corrected chi connectivity index (χ2v) is 8.89. The number of benzene rings is 3. The zero-order chi connectivity index (χ0) is 21.8. The summed E-state index contributed by atoms with van der Waals surface area (Å²) in [5.41, 5.74) is 3.11. The van der Waals surface area contributed by atoms with Gasteiger partial charge in [-0.2, -0.15) is 0 Å². The molecule has 4 aromatic rings. The van der Waals surface area contributed by atoms with Crippen molar-refractivity contribution in [3.05, 3.63) is 102 Å².